The second-order valence-electron chi connectivity index (χ2n) is 4.53. The van der Waals surface area contributed by atoms with E-state index in [1.54, 1.807) is 18.2 Å². The maximum atomic E-state index is 11.6. The van der Waals surface area contributed by atoms with Gasteiger partial charge in [0.1, 0.15) is 0 Å². The van der Waals surface area contributed by atoms with Gasteiger partial charge >= 0.3 is 5.97 Å². The van der Waals surface area contributed by atoms with E-state index >= 15 is 0 Å². The van der Waals surface area contributed by atoms with Gasteiger partial charge < -0.3 is 15.8 Å². The lowest BCUT2D eigenvalue weighted by Crippen LogP contribution is -2.20. The molecule has 1 aromatic carbocycles. The van der Waals surface area contributed by atoms with Crippen LogP contribution in [0.1, 0.15) is 30.1 Å². The van der Waals surface area contributed by atoms with Crippen molar-refractivity contribution in [2.75, 3.05) is 18.2 Å². The quantitative estimate of drug-likeness (QED) is 0.619. The number of ether oxygens (including phenoxy) is 1. The molecule has 92 valence electrons. The van der Waals surface area contributed by atoms with Crippen LogP contribution in [0.2, 0.25) is 0 Å². The number of hydrogen-bond donors (Lipinski definition) is 2. The molecule has 1 aliphatic rings. The zero-order chi connectivity index (χ0) is 12.4. The Kier molecular flexibility index (Phi) is 3.22. The van der Waals surface area contributed by atoms with E-state index < -0.39 is 0 Å². The smallest absolute Gasteiger partial charge is 0.340 e. The van der Waals surface area contributed by atoms with Crippen LogP contribution in [0.3, 0.4) is 0 Å². The molecule has 0 bridgehead atoms. The van der Waals surface area contributed by atoms with Crippen molar-refractivity contribution in [2.45, 2.75) is 25.8 Å². The van der Waals surface area contributed by atoms with E-state index in [0.29, 0.717) is 28.9 Å². The third kappa shape index (κ3) is 2.52. The summed E-state index contributed by atoms with van der Waals surface area (Å²) in [6.45, 7) is 2.12. The number of nitrogens with two attached hydrogens (primary N) is 1. The second kappa shape index (κ2) is 4.65. The lowest BCUT2D eigenvalue weighted by molar-refractivity contribution is 0.0602. The molecule has 17 heavy (non-hydrogen) atoms. The average molecular weight is 234 g/mol. The van der Waals surface area contributed by atoms with Gasteiger partial charge in [0.15, 0.2) is 0 Å². The van der Waals surface area contributed by atoms with E-state index in [-0.39, 0.29) is 5.97 Å². The molecule has 1 saturated carbocycles. The number of para-hydroxylation sites is 1. The first-order chi connectivity index (χ1) is 8.13. The molecule has 3 N–H and O–H groups in total. The summed E-state index contributed by atoms with van der Waals surface area (Å²) in [5.74, 6) is 0.336. The standard InChI is InChI=1S/C13H18N2O2/c1-8(9-6-7-9)15-12-10(13(16)17-2)4-3-5-11(12)14/h3-5,8-9,15H,6-7,14H2,1-2H3. The number of hydrogen-bond acceptors (Lipinski definition) is 4. The Morgan fingerprint density at radius 3 is 2.82 bits per heavy atom. The summed E-state index contributed by atoms with van der Waals surface area (Å²) in [6.07, 6.45) is 2.49. The van der Waals surface area contributed by atoms with E-state index in [9.17, 15) is 4.79 Å². The van der Waals surface area contributed by atoms with Crippen molar-refractivity contribution < 1.29 is 9.53 Å². The first-order valence-corrected chi connectivity index (χ1v) is 5.87. The van der Waals surface area contributed by atoms with Gasteiger partial charge in [0.05, 0.1) is 24.0 Å². The zero-order valence-electron chi connectivity index (χ0n) is 10.2. The Labute approximate surface area is 101 Å². The van der Waals surface area contributed by atoms with Crippen LogP contribution in [-0.4, -0.2) is 19.1 Å². The molecule has 1 fully saturated rings. The molecule has 0 amide bonds. The number of nitrogens with one attached hydrogen (secondary N) is 1. The second-order valence-corrected chi connectivity index (χ2v) is 4.53. The first-order valence-electron chi connectivity index (χ1n) is 5.87. The number of anilines is 2. The maximum absolute atomic E-state index is 11.6. The Morgan fingerprint density at radius 2 is 2.24 bits per heavy atom. The number of esters is 1. The van der Waals surface area contributed by atoms with Gasteiger partial charge in [-0.1, -0.05) is 6.07 Å². The van der Waals surface area contributed by atoms with Crippen molar-refractivity contribution >= 4 is 17.3 Å². The fraction of sp³-hybridized carbons (Fsp3) is 0.462. The summed E-state index contributed by atoms with van der Waals surface area (Å²) in [6, 6.07) is 5.61. The van der Waals surface area contributed by atoms with Crippen LogP contribution in [-0.2, 0) is 4.74 Å². The normalized spacial score (nSPS) is 16.4. The van der Waals surface area contributed by atoms with E-state index in [1.807, 2.05) is 0 Å². The topological polar surface area (TPSA) is 64.3 Å². The summed E-state index contributed by atoms with van der Waals surface area (Å²) in [5, 5.41) is 3.33. The molecule has 4 heteroatoms. The minimum Gasteiger partial charge on any atom is -0.465 e. The van der Waals surface area contributed by atoms with E-state index in [4.69, 9.17) is 10.5 Å². The highest BCUT2D eigenvalue weighted by molar-refractivity contribution is 5.98. The largest absolute Gasteiger partial charge is 0.465 e. The van der Waals surface area contributed by atoms with Crippen LogP contribution < -0.4 is 11.1 Å². The number of benzene rings is 1. The summed E-state index contributed by atoms with van der Waals surface area (Å²) in [5.41, 5.74) is 7.69. The van der Waals surface area contributed by atoms with Gasteiger partial charge in [0.2, 0.25) is 0 Å². The molecule has 0 aliphatic heterocycles. The number of nitrogen functional groups attached to an aromatic ring is 1. The predicted molar refractivity (Wildman–Crippen MR) is 68.0 cm³/mol. The zero-order valence-corrected chi connectivity index (χ0v) is 10.2. The lowest BCUT2D eigenvalue weighted by Gasteiger charge is -2.18. The first kappa shape index (κ1) is 11.8. The number of rotatable bonds is 4. The van der Waals surface area contributed by atoms with Crippen LogP contribution in [0, 0.1) is 5.92 Å². The van der Waals surface area contributed by atoms with Crippen LogP contribution in [0.25, 0.3) is 0 Å². The molecular formula is C13H18N2O2. The number of methoxy groups -OCH3 is 1. The van der Waals surface area contributed by atoms with Gasteiger partial charge in [-0.2, -0.15) is 0 Å². The Hall–Kier alpha value is -1.71. The van der Waals surface area contributed by atoms with Crippen LogP contribution in [0.15, 0.2) is 18.2 Å². The fourth-order valence-corrected chi connectivity index (χ4v) is 1.95. The predicted octanol–water partition coefficient (Wildman–Crippen LogP) is 2.27. The molecule has 1 unspecified atom stereocenters. The number of carbonyl (C=O) groups excluding carboxylic acids is 1. The van der Waals surface area contributed by atoms with Gasteiger partial charge in [-0.15, -0.1) is 0 Å². The SMILES string of the molecule is COC(=O)c1cccc(N)c1NC(C)C1CC1. The van der Waals surface area contributed by atoms with Gasteiger partial charge in [0, 0.05) is 6.04 Å². The third-order valence-corrected chi connectivity index (χ3v) is 3.20. The molecule has 0 heterocycles. The molecular weight excluding hydrogens is 216 g/mol. The van der Waals surface area contributed by atoms with Crippen LogP contribution in [0.5, 0.6) is 0 Å². The molecule has 2 rings (SSSR count). The molecule has 1 aliphatic carbocycles. The van der Waals surface area contributed by atoms with Crippen LogP contribution in [0.4, 0.5) is 11.4 Å². The molecule has 1 atom stereocenters. The third-order valence-electron chi connectivity index (χ3n) is 3.20. The number of carbonyl (C=O) groups is 1. The minimum atomic E-state index is -0.359. The Balaban J connectivity index is 2.26. The fourth-order valence-electron chi connectivity index (χ4n) is 1.95. The molecule has 4 nitrogen and oxygen atoms in total. The molecule has 0 saturated heterocycles. The van der Waals surface area contributed by atoms with Crippen molar-refractivity contribution in [3.8, 4) is 0 Å². The molecule has 0 spiro atoms. The highest BCUT2D eigenvalue weighted by Crippen LogP contribution is 2.35. The van der Waals surface area contributed by atoms with Crippen molar-refractivity contribution in [3.05, 3.63) is 23.8 Å². The summed E-state index contributed by atoms with van der Waals surface area (Å²) >= 11 is 0. The highest BCUT2D eigenvalue weighted by Gasteiger charge is 2.29. The lowest BCUT2D eigenvalue weighted by atomic mass is 10.1. The monoisotopic (exact) mass is 234 g/mol. The van der Waals surface area contributed by atoms with Gasteiger partial charge in [0.25, 0.3) is 0 Å². The Morgan fingerprint density at radius 1 is 1.53 bits per heavy atom. The average Bonchev–Trinajstić information content (AvgIpc) is 3.14. The van der Waals surface area contributed by atoms with Gasteiger partial charge in [-0.25, -0.2) is 4.79 Å². The van der Waals surface area contributed by atoms with Crippen molar-refractivity contribution in [1.29, 1.82) is 0 Å². The maximum Gasteiger partial charge on any atom is 0.340 e. The molecule has 0 radical (unpaired) electrons. The highest BCUT2D eigenvalue weighted by atomic mass is 16.5. The van der Waals surface area contributed by atoms with Gasteiger partial charge in [-0.05, 0) is 37.8 Å². The van der Waals surface area contributed by atoms with Crippen molar-refractivity contribution in [3.63, 3.8) is 0 Å². The minimum absolute atomic E-state index is 0.336. The van der Waals surface area contributed by atoms with Crippen molar-refractivity contribution in [1.82, 2.24) is 0 Å². The molecule has 1 aromatic rings. The summed E-state index contributed by atoms with van der Waals surface area (Å²) in [4.78, 5) is 11.6. The summed E-state index contributed by atoms with van der Waals surface area (Å²) in [7, 11) is 1.37. The van der Waals surface area contributed by atoms with Gasteiger partial charge in [-0.3, -0.25) is 0 Å². The van der Waals surface area contributed by atoms with E-state index in [0.717, 1.165) is 0 Å². The van der Waals surface area contributed by atoms with E-state index in [2.05, 4.69) is 12.2 Å². The van der Waals surface area contributed by atoms with Crippen molar-refractivity contribution in [2.24, 2.45) is 5.92 Å². The Bertz CT molecular complexity index is 427. The van der Waals surface area contributed by atoms with Crippen LogP contribution >= 0.6 is 0 Å². The summed E-state index contributed by atoms with van der Waals surface area (Å²) < 4.78 is 4.76. The molecule has 0 aromatic heterocycles. The van der Waals surface area contributed by atoms with E-state index in [1.165, 1.54) is 20.0 Å².